The van der Waals surface area contributed by atoms with Crippen LogP contribution in [0.5, 0.6) is 0 Å². The van der Waals surface area contributed by atoms with Gasteiger partial charge in [0.15, 0.2) is 6.10 Å². The number of ether oxygens (including phenoxy) is 1. The number of halogens is 3. The SMILES string of the molecule is CC(NCC(O)C(F)(F)F)C1CCCO1. The van der Waals surface area contributed by atoms with Gasteiger partial charge in [0.2, 0.25) is 0 Å². The van der Waals surface area contributed by atoms with Crippen molar-refractivity contribution >= 4 is 0 Å². The van der Waals surface area contributed by atoms with Crippen LogP contribution in [0.2, 0.25) is 0 Å². The van der Waals surface area contributed by atoms with E-state index in [4.69, 9.17) is 9.84 Å². The molecule has 0 aromatic heterocycles. The maximum atomic E-state index is 12.0. The first-order valence-corrected chi connectivity index (χ1v) is 5.01. The molecule has 0 aromatic rings. The highest BCUT2D eigenvalue weighted by molar-refractivity contribution is 4.79. The molecular formula is C9H16F3NO2. The van der Waals surface area contributed by atoms with Crippen molar-refractivity contribution in [1.82, 2.24) is 5.32 Å². The molecule has 1 rings (SSSR count). The number of aliphatic hydroxyl groups is 1. The first-order chi connectivity index (χ1) is 6.91. The topological polar surface area (TPSA) is 41.5 Å². The van der Waals surface area contributed by atoms with Crippen LogP contribution in [0.25, 0.3) is 0 Å². The van der Waals surface area contributed by atoms with Crippen LogP contribution >= 0.6 is 0 Å². The highest BCUT2D eigenvalue weighted by atomic mass is 19.4. The summed E-state index contributed by atoms with van der Waals surface area (Å²) in [6.07, 6.45) is -5.09. The average Bonchev–Trinajstić information content (AvgIpc) is 2.64. The van der Waals surface area contributed by atoms with Crippen molar-refractivity contribution in [3.8, 4) is 0 Å². The molecule has 0 bridgehead atoms. The zero-order valence-corrected chi connectivity index (χ0v) is 8.55. The van der Waals surface area contributed by atoms with Crippen LogP contribution in [0.4, 0.5) is 13.2 Å². The number of hydrogen-bond acceptors (Lipinski definition) is 3. The maximum Gasteiger partial charge on any atom is 0.415 e. The molecule has 1 aliphatic heterocycles. The summed E-state index contributed by atoms with van der Waals surface area (Å²) in [4.78, 5) is 0. The number of nitrogens with one attached hydrogen (secondary N) is 1. The van der Waals surface area contributed by atoms with Crippen molar-refractivity contribution in [1.29, 1.82) is 0 Å². The third-order valence-electron chi connectivity index (χ3n) is 2.53. The van der Waals surface area contributed by atoms with Gasteiger partial charge >= 0.3 is 6.18 Å². The lowest BCUT2D eigenvalue weighted by Gasteiger charge is -2.22. The second kappa shape index (κ2) is 5.14. The molecule has 6 heteroatoms. The molecule has 0 radical (unpaired) electrons. The zero-order valence-electron chi connectivity index (χ0n) is 8.55. The first-order valence-electron chi connectivity index (χ1n) is 5.01. The smallest absolute Gasteiger partial charge is 0.382 e. The largest absolute Gasteiger partial charge is 0.415 e. The standard InChI is InChI=1S/C9H16F3NO2/c1-6(7-3-2-4-15-7)13-5-8(14)9(10,11)12/h6-8,13-14H,2-5H2,1H3. The zero-order chi connectivity index (χ0) is 11.5. The van der Waals surface area contributed by atoms with E-state index in [1.54, 1.807) is 6.92 Å². The third-order valence-corrected chi connectivity index (χ3v) is 2.53. The normalized spacial score (nSPS) is 26.6. The number of aliphatic hydroxyl groups excluding tert-OH is 1. The molecule has 1 heterocycles. The molecule has 0 saturated carbocycles. The van der Waals surface area contributed by atoms with Gasteiger partial charge in [-0.25, -0.2) is 0 Å². The predicted molar refractivity (Wildman–Crippen MR) is 48.5 cm³/mol. The summed E-state index contributed by atoms with van der Waals surface area (Å²) in [5, 5.41) is 11.4. The molecular weight excluding hydrogens is 211 g/mol. The third kappa shape index (κ3) is 3.96. The van der Waals surface area contributed by atoms with E-state index in [9.17, 15) is 13.2 Å². The number of hydrogen-bond donors (Lipinski definition) is 2. The van der Waals surface area contributed by atoms with Gasteiger partial charge in [-0.05, 0) is 19.8 Å². The van der Waals surface area contributed by atoms with Crippen molar-refractivity contribution in [2.45, 2.75) is 44.2 Å². The second-order valence-corrected chi connectivity index (χ2v) is 3.81. The lowest BCUT2D eigenvalue weighted by atomic mass is 10.1. The fourth-order valence-corrected chi connectivity index (χ4v) is 1.54. The van der Waals surface area contributed by atoms with E-state index >= 15 is 0 Å². The summed E-state index contributed by atoms with van der Waals surface area (Å²) in [7, 11) is 0. The molecule has 15 heavy (non-hydrogen) atoms. The molecule has 3 unspecified atom stereocenters. The fraction of sp³-hybridized carbons (Fsp3) is 1.00. The van der Waals surface area contributed by atoms with Gasteiger partial charge in [0.05, 0.1) is 6.10 Å². The quantitative estimate of drug-likeness (QED) is 0.754. The van der Waals surface area contributed by atoms with Gasteiger partial charge in [-0.1, -0.05) is 0 Å². The van der Waals surface area contributed by atoms with Gasteiger partial charge in [0.25, 0.3) is 0 Å². The summed E-state index contributed by atoms with van der Waals surface area (Å²) >= 11 is 0. The van der Waals surface area contributed by atoms with Gasteiger partial charge in [0, 0.05) is 19.2 Å². The average molecular weight is 227 g/mol. The van der Waals surface area contributed by atoms with Gasteiger partial charge in [-0.3, -0.25) is 0 Å². The maximum absolute atomic E-state index is 12.0. The fourth-order valence-electron chi connectivity index (χ4n) is 1.54. The Kier molecular flexibility index (Phi) is 4.36. The Morgan fingerprint density at radius 2 is 2.20 bits per heavy atom. The van der Waals surface area contributed by atoms with E-state index in [0.29, 0.717) is 6.61 Å². The van der Waals surface area contributed by atoms with E-state index in [-0.39, 0.29) is 12.1 Å². The van der Waals surface area contributed by atoms with E-state index in [1.807, 2.05) is 0 Å². The molecule has 1 fully saturated rings. The molecule has 1 saturated heterocycles. The second-order valence-electron chi connectivity index (χ2n) is 3.81. The minimum Gasteiger partial charge on any atom is -0.382 e. The Bertz CT molecular complexity index is 192. The Hall–Kier alpha value is -0.330. The van der Waals surface area contributed by atoms with E-state index in [1.165, 1.54) is 0 Å². The molecule has 0 aliphatic carbocycles. The monoisotopic (exact) mass is 227 g/mol. The van der Waals surface area contributed by atoms with Gasteiger partial charge in [-0.15, -0.1) is 0 Å². The highest BCUT2D eigenvalue weighted by Crippen LogP contribution is 2.20. The Balaban J connectivity index is 2.24. The van der Waals surface area contributed by atoms with Gasteiger partial charge in [0.1, 0.15) is 0 Å². The summed E-state index contributed by atoms with van der Waals surface area (Å²) in [6.45, 7) is 1.95. The van der Waals surface area contributed by atoms with Crippen molar-refractivity contribution in [3.05, 3.63) is 0 Å². The molecule has 3 atom stereocenters. The molecule has 0 amide bonds. The van der Waals surface area contributed by atoms with Crippen molar-refractivity contribution in [2.24, 2.45) is 0 Å². The summed E-state index contributed by atoms with van der Waals surface area (Å²) in [6, 6.07) is -0.163. The van der Waals surface area contributed by atoms with Crippen molar-refractivity contribution in [2.75, 3.05) is 13.2 Å². The van der Waals surface area contributed by atoms with Crippen LogP contribution in [0, 0.1) is 0 Å². The summed E-state index contributed by atoms with van der Waals surface area (Å²) < 4.78 is 41.2. The van der Waals surface area contributed by atoms with Crippen LogP contribution in [0.15, 0.2) is 0 Å². The molecule has 90 valence electrons. The molecule has 0 spiro atoms. The minimum absolute atomic E-state index is 0.0366. The van der Waals surface area contributed by atoms with Crippen molar-refractivity contribution in [3.63, 3.8) is 0 Å². The van der Waals surface area contributed by atoms with Crippen LogP contribution in [-0.4, -0.2) is 42.7 Å². The van der Waals surface area contributed by atoms with E-state index < -0.39 is 18.8 Å². The predicted octanol–water partition coefficient (Wildman–Crippen LogP) is 1.07. The van der Waals surface area contributed by atoms with E-state index in [0.717, 1.165) is 12.8 Å². The Morgan fingerprint density at radius 1 is 1.53 bits per heavy atom. The number of rotatable bonds is 4. The van der Waals surface area contributed by atoms with Gasteiger partial charge < -0.3 is 15.2 Å². The van der Waals surface area contributed by atoms with Gasteiger partial charge in [-0.2, -0.15) is 13.2 Å². The highest BCUT2D eigenvalue weighted by Gasteiger charge is 2.38. The van der Waals surface area contributed by atoms with Crippen molar-refractivity contribution < 1.29 is 23.0 Å². The first kappa shape index (κ1) is 12.7. The summed E-state index contributed by atoms with van der Waals surface area (Å²) in [5.41, 5.74) is 0. The van der Waals surface area contributed by atoms with Crippen LogP contribution < -0.4 is 5.32 Å². The number of alkyl halides is 3. The molecule has 3 nitrogen and oxygen atoms in total. The molecule has 2 N–H and O–H groups in total. The lowest BCUT2D eigenvalue weighted by Crippen LogP contribution is -2.45. The Labute approximate surface area is 86.6 Å². The lowest BCUT2D eigenvalue weighted by molar-refractivity contribution is -0.202. The van der Waals surface area contributed by atoms with Crippen LogP contribution in [-0.2, 0) is 4.74 Å². The molecule has 0 aromatic carbocycles. The Morgan fingerprint density at radius 3 is 2.67 bits per heavy atom. The van der Waals surface area contributed by atoms with Crippen LogP contribution in [0.3, 0.4) is 0 Å². The van der Waals surface area contributed by atoms with Crippen LogP contribution in [0.1, 0.15) is 19.8 Å². The minimum atomic E-state index is -4.55. The van der Waals surface area contributed by atoms with E-state index in [2.05, 4.69) is 5.32 Å². The molecule has 1 aliphatic rings. The summed E-state index contributed by atoms with van der Waals surface area (Å²) in [5.74, 6) is 0.